The molecule has 128 valence electrons. The Labute approximate surface area is 149 Å². The number of halogens is 1. The number of amides is 1. The Morgan fingerprint density at radius 2 is 1.71 bits per heavy atom. The van der Waals surface area contributed by atoms with Crippen molar-refractivity contribution in [2.45, 2.75) is 46.7 Å². The molecule has 0 aliphatic heterocycles. The van der Waals surface area contributed by atoms with Crippen LogP contribution in [-0.4, -0.2) is 11.9 Å². The predicted molar refractivity (Wildman–Crippen MR) is 101 cm³/mol. The van der Waals surface area contributed by atoms with Gasteiger partial charge in [0.25, 0.3) is 5.91 Å². The molecule has 0 aromatic heterocycles. The van der Waals surface area contributed by atoms with E-state index in [1.165, 1.54) is 5.56 Å². The average molecular weight is 346 g/mol. The maximum Gasteiger partial charge on any atom is 0.282 e. The average Bonchev–Trinajstić information content (AvgIpc) is 2.50. The van der Waals surface area contributed by atoms with Gasteiger partial charge in [-0.15, -0.1) is 0 Å². The summed E-state index contributed by atoms with van der Waals surface area (Å²) in [7, 11) is 0. The van der Waals surface area contributed by atoms with E-state index in [1.54, 1.807) is 0 Å². The van der Waals surface area contributed by atoms with Crippen LogP contribution in [0, 0.1) is 20.8 Å². The molecule has 0 saturated carbocycles. The number of anilines is 1. The normalized spacial score (nSPS) is 13.4. The minimum Gasteiger partial charge on any atom is -0.330 e. The highest BCUT2D eigenvalue weighted by Crippen LogP contribution is 2.22. The summed E-state index contributed by atoms with van der Waals surface area (Å²) >= 11 is 6.05. The standard InChI is InChI=1S/C20H25ClN2O/c1-12-9-13(2)19(14(3)10-12)23-20(24)16(5)22-15(4)17-7-6-8-18(21)11-17/h6-11,15-16,22H,1-5H3,(H,23,24)/p+1/t15-,16-/m0/s1. The van der Waals surface area contributed by atoms with Gasteiger partial charge in [0.15, 0.2) is 6.04 Å². The zero-order valence-electron chi connectivity index (χ0n) is 15.0. The van der Waals surface area contributed by atoms with Crippen molar-refractivity contribution in [3.8, 4) is 0 Å². The van der Waals surface area contributed by atoms with Gasteiger partial charge in [-0.1, -0.05) is 41.4 Å². The van der Waals surface area contributed by atoms with Crippen LogP contribution in [0.25, 0.3) is 0 Å². The molecule has 24 heavy (non-hydrogen) atoms. The number of benzene rings is 2. The van der Waals surface area contributed by atoms with E-state index in [0.717, 1.165) is 27.4 Å². The summed E-state index contributed by atoms with van der Waals surface area (Å²) in [5.74, 6) is 0.0129. The molecule has 2 atom stereocenters. The fraction of sp³-hybridized carbons (Fsp3) is 0.350. The molecule has 0 heterocycles. The van der Waals surface area contributed by atoms with Gasteiger partial charge in [0.2, 0.25) is 0 Å². The van der Waals surface area contributed by atoms with E-state index in [4.69, 9.17) is 11.6 Å². The smallest absolute Gasteiger partial charge is 0.282 e. The van der Waals surface area contributed by atoms with Gasteiger partial charge < -0.3 is 10.6 Å². The number of nitrogens with two attached hydrogens (primary N) is 1. The number of hydrogen-bond donors (Lipinski definition) is 2. The lowest BCUT2D eigenvalue weighted by Crippen LogP contribution is -2.91. The summed E-state index contributed by atoms with van der Waals surface area (Å²) in [5, 5.41) is 5.85. The maximum absolute atomic E-state index is 12.6. The van der Waals surface area contributed by atoms with Crippen LogP contribution in [0.3, 0.4) is 0 Å². The number of hydrogen-bond acceptors (Lipinski definition) is 1. The zero-order chi connectivity index (χ0) is 17.9. The van der Waals surface area contributed by atoms with Gasteiger partial charge in [-0.05, 0) is 57.9 Å². The first-order valence-electron chi connectivity index (χ1n) is 8.27. The first kappa shape index (κ1) is 18.5. The summed E-state index contributed by atoms with van der Waals surface area (Å²) in [4.78, 5) is 12.6. The highest BCUT2D eigenvalue weighted by Gasteiger charge is 2.21. The van der Waals surface area contributed by atoms with Gasteiger partial charge in [0.1, 0.15) is 6.04 Å². The minimum atomic E-state index is -0.195. The quantitative estimate of drug-likeness (QED) is 0.847. The van der Waals surface area contributed by atoms with E-state index in [9.17, 15) is 4.79 Å². The highest BCUT2D eigenvalue weighted by atomic mass is 35.5. The molecule has 3 N–H and O–H groups in total. The molecule has 2 aromatic rings. The molecule has 2 rings (SSSR count). The lowest BCUT2D eigenvalue weighted by molar-refractivity contribution is -0.709. The molecule has 0 bridgehead atoms. The van der Waals surface area contributed by atoms with E-state index in [1.807, 2.05) is 45.0 Å². The number of carbonyl (C=O) groups is 1. The first-order chi connectivity index (χ1) is 11.3. The fourth-order valence-corrected chi connectivity index (χ4v) is 3.23. The summed E-state index contributed by atoms with van der Waals surface area (Å²) < 4.78 is 0. The second kappa shape index (κ2) is 7.82. The molecule has 0 aliphatic carbocycles. The molecule has 4 heteroatoms. The molecule has 0 saturated heterocycles. The Bertz CT molecular complexity index is 719. The van der Waals surface area contributed by atoms with E-state index in [-0.39, 0.29) is 18.0 Å². The molecule has 1 amide bonds. The number of carbonyl (C=O) groups excluding carboxylic acids is 1. The van der Waals surface area contributed by atoms with Crippen molar-refractivity contribution in [3.63, 3.8) is 0 Å². The first-order valence-corrected chi connectivity index (χ1v) is 8.65. The predicted octanol–water partition coefficient (Wildman–Crippen LogP) is 3.92. The Kier molecular flexibility index (Phi) is 6.03. The third kappa shape index (κ3) is 4.59. The van der Waals surface area contributed by atoms with Gasteiger partial charge in [0.05, 0.1) is 0 Å². The second-order valence-electron chi connectivity index (χ2n) is 6.59. The molecule has 0 spiro atoms. The molecular formula is C20H26ClN2O+. The lowest BCUT2D eigenvalue weighted by atomic mass is 10.0. The molecule has 0 fully saturated rings. The largest absolute Gasteiger partial charge is 0.330 e. The van der Waals surface area contributed by atoms with Gasteiger partial charge >= 0.3 is 0 Å². The van der Waals surface area contributed by atoms with Crippen molar-refractivity contribution in [1.29, 1.82) is 0 Å². The summed E-state index contributed by atoms with van der Waals surface area (Å²) in [6.07, 6.45) is 0. The van der Waals surface area contributed by atoms with Crippen molar-refractivity contribution in [2.75, 3.05) is 5.32 Å². The van der Waals surface area contributed by atoms with Crippen LogP contribution in [0.4, 0.5) is 5.69 Å². The number of quaternary nitrogens is 1. The number of rotatable bonds is 5. The number of nitrogens with one attached hydrogen (secondary N) is 1. The fourth-order valence-electron chi connectivity index (χ4n) is 3.04. The molecule has 0 unspecified atom stereocenters. The topological polar surface area (TPSA) is 45.7 Å². The zero-order valence-corrected chi connectivity index (χ0v) is 15.7. The molecule has 0 aliphatic rings. The summed E-state index contributed by atoms with van der Waals surface area (Å²) in [5.41, 5.74) is 5.43. The molecule has 0 radical (unpaired) electrons. The van der Waals surface area contributed by atoms with Crippen LogP contribution in [0.1, 0.15) is 42.1 Å². The van der Waals surface area contributed by atoms with E-state index < -0.39 is 0 Å². The molecule has 3 nitrogen and oxygen atoms in total. The van der Waals surface area contributed by atoms with Gasteiger partial charge in [-0.3, -0.25) is 4.79 Å². The lowest BCUT2D eigenvalue weighted by Gasteiger charge is -2.19. The van der Waals surface area contributed by atoms with Crippen molar-refractivity contribution < 1.29 is 10.1 Å². The SMILES string of the molecule is Cc1cc(C)c(NC(=O)[C@H](C)[NH2+][C@@H](C)c2cccc(Cl)c2)c(C)c1. The third-order valence-corrected chi connectivity index (χ3v) is 4.53. The van der Waals surface area contributed by atoms with Crippen LogP contribution in [0.5, 0.6) is 0 Å². The van der Waals surface area contributed by atoms with Gasteiger partial charge in [0, 0.05) is 16.3 Å². The third-order valence-electron chi connectivity index (χ3n) is 4.29. The Hall–Kier alpha value is -1.84. The van der Waals surface area contributed by atoms with Crippen LogP contribution < -0.4 is 10.6 Å². The highest BCUT2D eigenvalue weighted by molar-refractivity contribution is 6.30. The van der Waals surface area contributed by atoms with Gasteiger partial charge in [-0.25, -0.2) is 0 Å². The van der Waals surface area contributed by atoms with E-state index >= 15 is 0 Å². The second-order valence-corrected chi connectivity index (χ2v) is 7.02. The van der Waals surface area contributed by atoms with Crippen molar-refractivity contribution >= 4 is 23.2 Å². The Balaban J connectivity index is 2.05. The van der Waals surface area contributed by atoms with Crippen LogP contribution in [0.2, 0.25) is 5.02 Å². The molecular weight excluding hydrogens is 320 g/mol. The summed E-state index contributed by atoms with van der Waals surface area (Å²) in [6.45, 7) is 10.1. The number of aryl methyl sites for hydroxylation is 3. The van der Waals surface area contributed by atoms with E-state index in [2.05, 4.69) is 36.6 Å². The monoisotopic (exact) mass is 345 g/mol. The van der Waals surface area contributed by atoms with Crippen molar-refractivity contribution in [1.82, 2.24) is 0 Å². The van der Waals surface area contributed by atoms with Crippen molar-refractivity contribution in [3.05, 3.63) is 63.7 Å². The van der Waals surface area contributed by atoms with Crippen molar-refractivity contribution in [2.24, 2.45) is 0 Å². The maximum atomic E-state index is 12.6. The molecule has 2 aromatic carbocycles. The van der Waals surface area contributed by atoms with Gasteiger partial charge in [-0.2, -0.15) is 0 Å². The van der Waals surface area contributed by atoms with Crippen LogP contribution in [-0.2, 0) is 4.79 Å². The van der Waals surface area contributed by atoms with Crippen LogP contribution >= 0.6 is 11.6 Å². The Morgan fingerprint density at radius 3 is 2.29 bits per heavy atom. The summed E-state index contributed by atoms with van der Waals surface area (Å²) in [6, 6.07) is 11.9. The van der Waals surface area contributed by atoms with E-state index in [0.29, 0.717) is 0 Å². The minimum absolute atomic E-state index is 0.0129. The van der Waals surface area contributed by atoms with Crippen LogP contribution in [0.15, 0.2) is 36.4 Å². The Morgan fingerprint density at radius 1 is 1.08 bits per heavy atom.